The minimum atomic E-state index is 0.545. The molecule has 0 amide bonds. The van der Waals surface area contributed by atoms with Gasteiger partial charge in [-0.2, -0.15) is 0 Å². The van der Waals surface area contributed by atoms with Gasteiger partial charge in [0.05, 0.1) is 0 Å². The number of halogens is 1. The van der Waals surface area contributed by atoms with Gasteiger partial charge in [-0.3, -0.25) is 0 Å². The second-order valence-corrected chi connectivity index (χ2v) is 6.41. The van der Waals surface area contributed by atoms with Gasteiger partial charge in [-0.05, 0) is 38.7 Å². The van der Waals surface area contributed by atoms with Crippen LogP contribution in [0.15, 0.2) is 28.9 Å². The van der Waals surface area contributed by atoms with Crippen LogP contribution in [0.2, 0.25) is 5.02 Å². The number of furan rings is 1. The van der Waals surface area contributed by atoms with Crippen molar-refractivity contribution in [3.63, 3.8) is 0 Å². The van der Waals surface area contributed by atoms with Crippen LogP contribution in [-0.4, -0.2) is 48.1 Å². The summed E-state index contributed by atoms with van der Waals surface area (Å²) in [7, 11) is 4.24. The van der Waals surface area contributed by atoms with E-state index >= 15 is 0 Å². The van der Waals surface area contributed by atoms with Gasteiger partial charge in [-0.1, -0.05) is 11.6 Å². The molecule has 22 heavy (non-hydrogen) atoms. The molecule has 0 saturated carbocycles. The van der Waals surface area contributed by atoms with E-state index in [0.717, 1.165) is 47.4 Å². The minimum Gasteiger partial charge on any atom is -0.450 e. The van der Waals surface area contributed by atoms with E-state index in [2.05, 4.69) is 33.9 Å². The number of fused-ring (bicyclic) bond motifs is 3. The van der Waals surface area contributed by atoms with Crippen LogP contribution in [0.1, 0.15) is 6.42 Å². The van der Waals surface area contributed by atoms with Crippen LogP contribution in [0.25, 0.3) is 22.1 Å². The van der Waals surface area contributed by atoms with Gasteiger partial charge in [0, 0.05) is 29.5 Å². The van der Waals surface area contributed by atoms with Gasteiger partial charge in [0.15, 0.2) is 11.4 Å². The summed E-state index contributed by atoms with van der Waals surface area (Å²) in [5.74, 6) is 0.877. The Morgan fingerprint density at radius 1 is 1.32 bits per heavy atom. The molecule has 114 valence electrons. The van der Waals surface area contributed by atoms with Crippen molar-refractivity contribution >= 4 is 39.5 Å². The van der Waals surface area contributed by atoms with Crippen molar-refractivity contribution in [1.29, 1.82) is 0 Å². The highest BCUT2D eigenvalue weighted by Crippen LogP contribution is 2.34. The SMILES string of the molecule is CN(C)C1CCN(c2ncnc3c2oc2ccc(Cl)cc23)C1. The average molecular weight is 317 g/mol. The van der Waals surface area contributed by atoms with E-state index in [1.807, 2.05) is 18.2 Å². The zero-order valence-corrected chi connectivity index (χ0v) is 13.3. The van der Waals surface area contributed by atoms with E-state index in [1.54, 1.807) is 6.33 Å². The van der Waals surface area contributed by atoms with Crippen molar-refractivity contribution in [1.82, 2.24) is 14.9 Å². The van der Waals surface area contributed by atoms with Crippen LogP contribution in [0.4, 0.5) is 5.82 Å². The number of rotatable bonds is 2. The summed E-state index contributed by atoms with van der Waals surface area (Å²) < 4.78 is 6.01. The van der Waals surface area contributed by atoms with Gasteiger partial charge in [-0.15, -0.1) is 0 Å². The first kappa shape index (κ1) is 13.8. The Bertz CT molecular complexity index is 845. The number of anilines is 1. The molecule has 1 fully saturated rings. The number of aromatic nitrogens is 2. The quantitative estimate of drug-likeness (QED) is 0.726. The molecule has 2 aromatic heterocycles. The average Bonchev–Trinajstić information content (AvgIpc) is 3.11. The fourth-order valence-electron chi connectivity index (χ4n) is 3.12. The first-order chi connectivity index (χ1) is 10.6. The highest BCUT2D eigenvalue weighted by molar-refractivity contribution is 6.31. The Labute approximate surface area is 133 Å². The summed E-state index contributed by atoms with van der Waals surface area (Å²) in [5, 5.41) is 1.62. The molecule has 1 aliphatic heterocycles. The molecule has 1 aromatic carbocycles. The molecule has 0 aliphatic carbocycles. The molecular formula is C16H17ClN4O. The molecule has 4 rings (SSSR count). The van der Waals surface area contributed by atoms with Crippen LogP contribution in [0, 0.1) is 0 Å². The van der Waals surface area contributed by atoms with Gasteiger partial charge in [0.25, 0.3) is 0 Å². The van der Waals surface area contributed by atoms with Crippen LogP contribution >= 0.6 is 11.6 Å². The molecule has 0 spiro atoms. The molecule has 0 N–H and O–H groups in total. The molecular weight excluding hydrogens is 300 g/mol. The molecule has 6 heteroatoms. The number of benzene rings is 1. The lowest BCUT2D eigenvalue weighted by Gasteiger charge is -2.20. The Hall–Kier alpha value is -1.85. The topological polar surface area (TPSA) is 45.4 Å². The van der Waals surface area contributed by atoms with Crippen molar-refractivity contribution in [2.24, 2.45) is 0 Å². The number of likely N-dealkylation sites (N-methyl/N-ethyl adjacent to an activating group) is 1. The molecule has 5 nitrogen and oxygen atoms in total. The third-order valence-corrected chi connectivity index (χ3v) is 4.62. The van der Waals surface area contributed by atoms with Crippen LogP contribution in [-0.2, 0) is 0 Å². The monoisotopic (exact) mass is 316 g/mol. The van der Waals surface area contributed by atoms with Crippen LogP contribution in [0.3, 0.4) is 0 Å². The standard InChI is InChI=1S/C16H17ClN4O/c1-20(2)11-5-6-21(8-11)16-15-14(18-9-19-16)12-7-10(17)3-4-13(12)22-15/h3-4,7,9,11H,5-6,8H2,1-2H3. The predicted molar refractivity (Wildman–Crippen MR) is 88.6 cm³/mol. The fourth-order valence-corrected chi connectivity index (χ4v) is 3.29. The van der Waals surface area contributed by atoms with Crippen molar-refractivity contribution in [2.45, 2.75) is 12.5 Å². The van der Waals surface area contributed by atoms with E-state index < -0.39 is 0 Å². The normalized spacial score (nSPS) is 18.9. The molecule has 1 saturated heterocycles. The van der Waals surface area contributed by atoms with Gasteiger partial charge in [0.2, 0.25) is 0 Å². The summed E-state index contributed by atoms with van der Waals surface area (Å²) in [6, 6.07) is 6.16. The van der Waals surface area contributed by atoms with Crippen molar-refractivity contribution in [3.8, 4) is 0 Å². The zero-order chi connectivity index (χ0) is 15.3. The maximum Gasteiger partial charge on any atom is 0.196 e. The van der Waals surface area contributed by atoms with Gasteiger partial charge in [-0.25, -0.2) is 9.97 Å². The number of hydrogen-bond acceptors (Lipinski definition) is 5. The summed E-state index contributed by atoms with van der Waals surface area (Å²) in [6.45, 7) is 1.93. The molecule has 3 heterocycles. The van der Waals surface area contributed by atoms with Crippen LogP contribution < -0.4 is 4.90 Å². The maximum absolute atomic E-state index is 6.10. The highest BCUT2D eigenvalue weighted by atomic mass is 35.5. The lowest BCUT2D eigenvalue weighted by molar-refractivity contribution is 0.315. The molecule has 1 atom stereocenters. The number of nitrogens with zero attached hydrogens (tertiary/aromatic N) is 4. The summed E-state index contributed by atoms with van der Waals surface area (Å²) >= 11 is 6.10. The zero-order valence-electron chi connectivity index (χ0n) is 12.6. The Kier molecular flexibility index (Phi) is 3.20. The first-order valence-electron chi connectivity index (χ1n) is 7.37. The van der Waals surface area contributed by atoms with E-state index in [0.29, 0.717) is 11.1 Å². The summed E-state index contributed by atoms with van der Waals surface area (Å²) in [6.07, 6.45) is 2.74. The molecule has 0 radical (unpaired) electrons. The molecule has 3 aromatic rings. The van der Waals surface area contributed by atoms with Crippen molar-refractivity contribution < 1.29 is 4.42 Å². The molecule has 1 aliphatic rings. The summed E-state index contributed by atoms with van der Waals surface area (Å²) in [4.78, 5) is 13.4. The fraction of sp³-hybridized carbons (Fsp3) is 0.375. The number of hydrogen-bond donors (Lipinski definition) is 0. The van der Waals surface area contributed by atoms with E-state index in [-0.39, 0.29) is 0 Å². The first-order valence-corrected chi connectivity index (χ1v) is 7.75. The Morgan fingerprint density at radius 3 is 2.95 bits per heavy atom. The largest absolute Gasteiger partial charge is 0.450 e. The van der Waals surface area contributed by atoms with Crippen molar-refractivity contribution in [3.05, 3.63) is 29.5 Å². The lowest BCUT2D eigenvalue weighted by atomic mass is 10.2. The third-order valence-electron chi connectivity index (χ3n) is 4.39. The van der Waals surface area contributed by atoms with Gasteiger partial charge < -0.3 is 14.2 Å². The maximum atomic E-state index is 6.10. The predicted octanol–water partition coefficient (Wildman–Crippen LogP) is 3.17. The van der Waals surface area contributed by atoms with E-state index in [1.165, 1.54) is 0 Å². The summed E-state index contributed by atoms with van der Waals surface area (Å²) in [5.41, 5.74) is 2.37. The van der Waals surface area contributed by atoms with Gasteiger partial charge >= 0.3 is 0 Å². The second kappa shape index (κ2) is 5.11. The lowest BCUT2D eigenvalue weighted by Crippen LogP contribution is -2.31. The Morgan fingerprint density at radius 2 is 2.18 bits per heavy atom. The second-order valence-electron chi connectivity index (χ2n) is 5.97. The molecule has 0 bridgehead atoms. The van der Waals surface area contributed by atoms with E-state index in [4.69, 9.17) is 16.0 Å². The third kappa shape index (κ3) is 2.12. The van der Waals surface area contributed by atoms with Crippen LogP contribution in [0.5, 0.6) is 0 Å². The van der Waals surface area contributed by atoms with Crippen molar-refractivity contribution in [2.75, 3.05) is 32.1 Å². The smallest absolute Gasteiger partial charge is 0.196 e. The minimum absolute atomic E-state index is 0.545. The van der Waals surface area contributed by atoms with Gasteiger partial charge in [0.1, 0.15) is 17.4 Å². The Balaban J connectivity index is 1.84. The van der Waals surface area contributed by atoms with E-state index in [9.17, 15) is 0 Å². The highest BCUT2D eigenvalue weighted by Gasteiger charge is 2.27. The molecule has 1 unspecified atom stereocenters.